The second-order valence-corrected chi connectivity index (χ2v) is 5.96. The van der Waals surface area contributed by atoms with E-state index >= 15 is 0 Å². The van der Waals surface area contributed by atoms with Crippen LogP contribution in [0.5, 0.6) is 0 Å². The van der Waals surface area contributed by atoms with Crippen molar-refractivity contribution in [1.82, 2.24) is 5.32 Å². The van der Waals surface area contributed by atoms with Gasteiger partial charge < -0.3 is 10.1 Å². The van der Waals surface area contributed by atoms with E-state index in [2.05, 4.69) is 11.6 Å². The summed E-state index contributed by atoms with van der Waals surface area (Å²) < 4.78 is 5.08. The maximum atomic E-state index is 5.08. The molecule has 1 aliphatic rings. The highest BCUT2D eigenvalue weighted by molar-refractivity contribution is 7.98. The smallest absolute Gasteiger partial charge is 0.0587 e. The van der Waals surface area contributed by atoms with E-state index in [0.29, 0.717) is 5.41 Å². The van der Waals surface area contributed by atoms with Gasteiger partial charge in [0, 0.05) is 20.2 Å². The molecule has 0 aromatic rings. The van der Waals surface area contributed by atoms with E-state index < -0.39 is 0 Å². The van der Waals surface area contributed by atoms with Gasteiger partial charge in [-0.15, -0.1) is 0 Å². The van der Waals surface area contributed by atoms with E-state index in [4.69, 9.17) is 4.74 Å². The van der Waals surface area contributed by atoms with Crippen molar-refractivity contribution in [3.05, 3.63) is 0 Å². The van der Waals surface area contributed by atoms with Crippen LogP contribution >= 0.6 is 11.8 Å². The average molecular weight is 245 g/mol. The van der Waals surface area contributed by atoms with Gasteiger partial charge in [-0.05, 0) is 36.7 Å². The van der Waals surface area contributed by atoms with Crippen molar-refractivity contribution in [2.24, 2.45) is 5.41 Å². The molecule has 0 radical (unpaired) electrons. The number of ether oxygens (including phenoxy) is 1. The van der Waals surface area contributed by atoms with Gasteiger partial charge in [-0.25, -0.2) is 0 Å². The van der Waals surface area contributed by atoms with E-state index in [9.17, 15) is 0 Å². The molecular formula is C13H27NOS. The van der Waals surface area contributed by atoms with E-state index in [1.54, 1.807) is 7.11 Å². The molecule has 96 valence electrons. The normalized spacial score (nSPS) is 19.9. The molecule has 1 N–H and O–H groups in total. The van der Waals surface area contributed by atoms with E-state index in [0.717, 1.165) is 13.2 Å². The first-order valence-electron chi connectivity index (χ1n) is 6.52. The summed E-state index contributed by atoms with van der Waals surface area (Å²) in [5, 5.41) is 3.57. The van der Waals surface area contributed by atoms with Crippen LogP contribution < -0.4 is 5.32 Å². The van der Waals surface area contributed by atoms with E-state index in [1.807, 2.05) is 11.8 Å². The summed E-state index contributed by atoms with van der Waals surface area (Å²) in [5.74, 6) is 1.31. The van der Waals surface area contributed by atoms with Gasteiger partial charge >= 0.3 is 0 Å². The van der Waals surface area contributed by atoms with Gasteiger partial charge in [-0.3, -0.25) is 0 Å². The third kappa shape index (κ3) is 5.07. The highest BCUT2D eigenvalue weighted by Crippen LogP contribution is 2.39. The predicted molar refractivity (Wildman–Crippen MR) is 73.3 cm³/mol. The van der Waals surface area contributed by atoms with Gasteiger partial charge in [-0.1, -0.05) is 19.3 Å². The van der Waals surface area contributed by atoms with Crippen LogP contribution in [-0.2, 0) is 4.74 Å². The van der Waals surface area contributed by atoms with Crippen molar-refractivity contribution >= 4 is 11.8 Å². The molecule has 0 heterocycles. The number of nitrogens with one attached hydrogen (secondary N) is 1. The molecule has 0 saturated heterocycles. The molecule has 0 atom stereocenters. The SMILES string of the molecule is COCCNCC1(CCSC)CCCCC1. The Bertz CT molecular complexity index is 169. The van der Waals surface area contributed by atoms with E-state index in [1.165, 1.54) is 50.8 Å². The zero-order valence-electron chi connectivity index (χ0n) is 10.9. The highest BCUT2D eigenvalue weighted by atomic mass is 32.2. The van der Waals surface area contributed by atoms with Crippen molar-refractivity contribution in [3.63, 3.8) is 0 Å². The summed E-state index contributed by atoms with van der Waals surface area (Å²) in [4.78, 5) is 0. The monoisotopic (exact) mass is 245 g/mol. The Labute approximate surface area is 105 Å². The van der Waals surface area contributed by atoms with Crippen LogP contribution in [0.4, 0.5) is 0 Å². The van der Waals surface area contributed by atoms with Gasteiger partial charge in [0.25, 0.3) is 0 Å². The van der Waals surface area contributed by atoms with Gasteiger partial charge in [0.15, 0.2) is 0 Å². The molecule has 2 nitrogen and oxygen atoms in total. The lowest BCUT2D eigenvalue weighted by molar-refractivity contribution is 0.160. The van der Waals surface area contributed by atoms with Crippen molar-refractivity contribution in [1.29, 1.82) is 0 Å². The van der Waals surface area contributed by atoms with Crippen LogP contribution in [0.3, 0.4) is 0 Å². The third-order valence-electron chi connectivity index (χ3n) is 3.73. The highest BCUT2D eigenvalue weighted by Gasteiger charge is 2.30. The van der Waals surface area contributed by atoms with Gasteiger partial charge in [-0.2, -0.15) is 11.8 Å². The molecule has 0 aromatic heterocycles. The van der Waals surface area contributed by atoms with Crippen molar-refractivity contribution < 1.29 is 4.74 Å². The Morgan fingerprint density at radius 1 is 1.25 bits per heavy atom. The molecule has 0 amide bonds. The summed E-state index contributed by atoms with van der Waals surface area (Å²) in [6.45, 7) is 3.02. The largest absolute Gasteiger partial charge is 0.383 e. The second-order valence-electron chi connectivity index (χ2n) is 4.97. The minimum Gasteiger partial charge on any atom is -0.383 e. The fourth-order valence-corrected chi connectivity index (χ4v) is 3.30. The van der Waals surface area contributed by atoms with Crippen LogP contribution in [-0.4, -0.2) is 38.8 Å². The van der Waals surface area contributed by atoms with Crippen LogP contribution in [0.2, 0.25) is 0 Å². The lowest BCUT2D eigenvalue weighted by atomic mass is 9.72. The number of thioether (sulfide) groups is 1. The molecule has 1 fully saturated rings. The lowest BCUT2D eigenvalue weighted by Gasteiger charge is -2.37. The predicted octanol–water partition coefficient (Wildman–Crippen LogP) is 2.93. The Morgan fingerprint density at radius 3 is 2.62 bits per heavy atom. The van der Waals surface area contributed by atoms with Crippen molar-refractivity contribution in [2.45, 2.75) is 38.5 Å². The quantitative estimate of drug-likeness (QED) is 0.664. The van der Waals surface area contributed by atoms with Crippen LogP contribution in [0.25, 0.3) is 0 Å². The standard InChI is InChI=1S/C13H27NOS/c1-15-10-9-14-12-13(8-11-16-2)6-4-3-5-7-13/h14H,3-12H2,1-2H3. The van der Waals surface area contributed by atoms with Crippen LogP contribution in [0.15, 0.2) is 0 Å². The number of hydrogen-bond donors (Lipinski definition) is 1. The Balaban J connectivity index is 2.30. The van der Waals surface area contributed by atoms with Crippen LogP contribution in [0.1, 0.15) is 38.5 Å². The van der Waals surface area contributed by atoms with Crippen molar-refractivity contribution in [2.75, 3.05) is 38.8 Å². The molecule has 1 rings (SSSR count). The fraction of sp³-hybridized carbons (Fsp3) is 1.00. The van der Waals surface area contributed by atoms with Crippen LogP contribution in [0, 0.1) is 5.41 Å². The summed E-state index contributed by atoms with van der Waals surface area (Å²) in [6.07, 6.45) is 10.8. The van der Waals surface area contributed by atoms with Crippen molar-refractivity contribution in [3.8, 4) is 0 Å². The average Bonchev–Trinajstić information content (AvgIpc) is 2.34. The first-order valence-corrected chi connectivity index (χ1v) is 7.91. The molecule has 0 unspecified atom stereocenters. The number of rotatable bonds is 8. The Kier molecular flexibility index (Phi) is 7.50. The molecule has 3 heteroatoms. The van der Waals surface area contributed by atoms with Gasteiger partial charge in [0.1, 0.15) is 0 Å². The zero-order valence-corrected chi connectivity index (χ0v) is 11.7. The minimum atomic E-state index is 0.592. The molecule has 0 spiro atoms. The molecule has 0 aromatic carbocycles. The molecule has 1 aliphatic carbocycles. The lowest BCUT2D eigenvalue weighted by Crippen LogP contribution is -2.37. The Hall–Kier alpha value is 0.270. The van der Waals surface area contributed by atoms with Gasteiger partial charge in [0.2, 0.25) is 0 Å². The number of hydrogen-bond acceptors (Lipinski definition) is 3. The second kappa shape index (κ2) is 8.37. The minimum absolute atomic E-state index is 0.592. The Morgan fingerprint density at radius 2 is 2.00 bits per heavy atom. The first kappa shape index (κ1) is 14.3. The maximum absolute atomic E-state index is 5.08. The fourth-order valence-electron chi connectivity index (χ4n) is 2.66. The molecule has 0 aliphatic heterocycles. The van der Waals surface area contributed by atoms with Gasteiger partial charge in [0.05, 0.1) is 6.61 Å². The topological polar surface area (TPSA) is 21.3 Å². The molecule has 0 bridgehead atoms. The summed E-state index contributed by atoms with van der Waals surface area (Å²) in [7, 11) is 1.77. The molecule has 16 heavy (non-hydrogen) atoms. The summed E-state index contributed by atoms with van der Waals surface area (Å²) in [5.41, 5.74) is 0.592. The zero-order chi connectivity index (χ0) is 11.7. The molecule has 1 saturated carbocycles. The number of methoxy groups -OCH3 is 1. The molecular weight excluding hydrogens is 218 g/mol. The summed E-state index contributed by atoms with van der Waals surface area (Å²) >= 11 is 1.99. The maximum Gasteiger partial charge on any atom is 0.0587 e. The first-order chi connectivity index (χ1) is 7.83. The summed E-state index contributed by atoms with van der Waals surface area (Å²) in [6, 6.07) is 0. The third-order valence-corrected chi connectivity index (χ3v) is 4.35. The van der Waals surface area contributed by atoms with E-state index in [-0.39, 0.29) is 0 Å².